The fourth-order valence-electron chi connectivity index (χ4n) is 1.75. The van der Waals surface area contributed by atoms with Crippen molar-refractivity contribution >= 4 is 0 Å². The maximum Gasteiger partial charge on any atom is 0.00683 e. The molecule has 1 nitrogen and oxygen atoms in total. The van der Waals surface area contributed by atoms with Crippen LogP contribution < -0.4 is 5.32 Å². The van der Waals surface area contributed by atoms with Gasteiger partial charge >= 0.3 is 0 Å². The maximum atomic E-state index is 3.63. The van der Waals surface area contributed by atoms with Crippen molar-refractivity contribution in [1.82, 2.24) is 5.32 Å². The van der Waals surface area contributed by atoms with Gasteiger partial charge in [-0.25, -0.2) is 0 Å². The van der Waals surface area contributed by atoms with Gasteiger partial charge in [0.2, 0.25) is 0 Å². The van der Waals surface area contributed by atoms with E-state index in [2.05, 4.69) is 19.2 Å². The number of hydrogen-bond acceptors (Lipinski definition) is 1. The van der Waals surface area contributed by atoms with Gasteiger partial charge < -0.3 is 5.32 Å². The molecule has 0 aliphatic heterocycles. The van der Waals surface area contributed by atoms with Crippen LogP contribution in [0.3, 0.4) is 0 Å². The van der Waals surface area contributed by atoms with E-state index in [1.54, 1.807) is 0 Å². The molecule has 0 aromatic rings. The van der Waals surface area contributed by atoms with E-state index in [1.807, 2.05) is 0 Å². The summed E-state index contributed by atoms with van der Waals surface area (Å²) < 4.78 is 0. The summed E-state index contributed by atoms with van der Waals surface area (Å²) in [4.78, 5) is 0. The molecular formula is C12H25N. The van der Waals surface area contributed by atoms with Crippen LogP contribution in [0.1, 0.15) is 58.8 Å². The summed E-state index contributed by atoms with van der Waals surface area (Å²) >= 11 is 0. The molecule has 13 heavy (non-hydrogen) atoms. The summed E-state index contributed by atoms with van der Waals surface area (Å²) in [6.07, 6.45) is 9.83. The third-order valence-corrected chi connectivity index (χ3v) is 3.07. The van der Waals surface area contributed by atoms with Crippen molar-refractivity contribution in [3.05, 3.63) is 0 Å². The lowest BCUT2D eigenvalue weighted by Crippen LogP contribution is -2.24. The van der Waals surface area contributed by atoms with Crippen LogP contribution in [0.4, 0.5) is 0 Å². The predicted octanol–water partition coefficient (Wildman–Crippen LogP) is 3.34. The van der Waals surface area contributed by atoms with Crippen LogP contribution in [0.2, 0.25) is 0 Å². The van der Waals surface area contributed by atoms with Gasteiger partial charge in [0.05, 0.1) is 0 Å². The Hall–Kier alpha value is -0.0400. The van der Waals surface area contributed by atoms with Crippen molar-refractivity contribution in [3.8, 4) is 0 Å². The number of rotatable bonds is 8. The standard InChI is InChI=1S/C12H25N/c1-3-5-6-7-11(4-2)10-13-12-8-9-12/h11-13H,3-10H2,1-2H3. The second-order valence-corrected chi connectivity index (χ2v) is 4.45. The zero-order valence-corrected chi connectivity index (χ0v) is 9.31. The van der Waals surface area contributed by atoms with E-state index < -0.39 is 0 Å². The van der Waals surface area contributed by atoms with Gasteiger partial charge in [0.15, 0.2) is 0 Å². The van der Waals surface area contributed by atoms with E-state index in [1.165, 1.54) is 51.5 Å². The molecular weight excluding hydrogens is 158 g/mol. The minimum Gasteiger partial charge on any atom is -0.314 e. The van der Waals surface area contributed by atoms with Gasteiger partial charge in [-0.3, -0.25) is 0 Å². The first kappa shape index (κ1) is 11.0. The molecule has 1 heteroatoms. The summed E-state index contributed by atoms with van der Waals surface area (Å²) in [6.45, 7) is 5.87. The van der Waals surface area contributed by atoms with Crippen LogP contribution in [0, 0.1) is 5.92 Å². The monoisotopic (exact) mass is 183 g/mol. The highest BCUT2D eigenvalue weighted by Crippen LogP contribution is 2.20. The van der Waals surface area contributed by atoms with E-state index in [0.717, 1.165) is 12.0 Å². The molecule has 1 atom stereocenters. The fraction of sp³-hybridized carbons (Fsp3) is 1.00. The Balaban J connectivity index is 1.95. The van der Waals surface area contributed by atoms with Crippen molar-refractivity contribution in [1.29, 1.82) is 0 Å². The topological polar surface area (TPSA) is 12.0 Å². The molecule has 0 spiro atoms. The van der Waals surface area contributed by atoms with Crippen LogP contribution in [0.5, 0.6) is 0 Å². The second-order valence-electron chi connectivity index (χ2n) is 4.45. The van der Waals surface area contributed by atoms with Crippen LogP contribution in [0.15, 0.2) is 0 Å². The fourth-order valence-corrected chi connectivity index (χ4v) is 1.75. The second kappa shape index (κ2) is 6.42. The quantitative estimate of drug-likeness (QED) is 0.569. The minimum absolute atomic E-state index is 0.889. The van der Waals surface area contributed by atoms with Crippen molar-refractivity contribution < 1.29 is 0 Å². The van der Waals surface area contributed by atoms with Crippen LogP contribution in [-0.2, 0) is 0 Å². The number of nitrogens with one attached hydrogen (secondary N) is 1. The smallest absolute Gasteiger partial charge is 0.00683 e. The third kappa shape index (κ3) is 5.30. The SMILES string of the molecule is CCCCCC(CC)CNC1CC1. The van der Waals surface area contributed by atoms with Crippen LogP contribution in [-0.4, -0.2) is 12.6 Å². The normalized spacial score (nSPS) is 18.9. The van der Waals surface area contributed by atoms with Crippen molar-refractivity contribution in [2.45, 2.75) is 64.8 Å². The van der Waals surface area contributed by atoms with E-state index in [-0.39, 0.29) is 0 Å². The van der Waals surface area contributed by atoms with E-state index in [0.29, 0.717) is 0 Å². The largest absolute Gasteiger partial charge is 0.314 e. The van der Waals surface area contributed by atoms with E-state index >= 15 is 0 Å². The molecule has 0 bridgehead atoms. The lowest BCUT2D eigenvalue weighted by molar-refractivity contribution is 0.414. The zero-order chi connectivity index (χ0) is 9.52. The van der Waals surface area contributed by atoms with Crippen LogP contribution in [0.25, 0.3) is 0 Å². The van der Waals surface area contributed by atoms with Gasteiger partial charge in [0, 0.05) is 6.04 Å². The highest BCUT2D eigenvalue weighted by atomic mass is 14.9. The molecule has 1 fully saturated rings. The molecule has 1 N–H and O–H groups in total. The molecule has 0 heterocycles. The molecule has 0 saturated heterocycles. The van der Waals surface area contributed by atoms with Gasteiger partial charge in [0.1, 0.15) is 0 Å². The van der Waals surface area contributed by atoms with Gasteiger partial charge in [-0.05, 0) is 31.7 Å². The van der Waals surface area contributed by atoms with Crippen molar-refractivity contribution in [2.75, 3.05) is 6.54 Å². The Kier molecular flexibility index (Phi) is 5.45. The number of hydrogen-bond donors (Lipinski definition) is 1. The van der Waals surface area contributed by atoms with Crippen molar-refractivity contribution in [3.63, 3.8) is 0 Å². The molecule has 78 valence electrons. The van der Waals surface area contributed by atoms with Crippen molar-refractivity contribution in [2.24, 2.45) is 5.92 Å². The molecule has 1 unspecified atom stereocenters. The van der Waals surface area contributed by atoms with Crippen LogP contribution >= 0.6 is 0 Å². The lowest BCUT2D eigenvalue weighted by Gasteiger charge is -2.14. The first-order valence-corrected chi connectivity index (χ1v) is 6.10. The Morgan fingerprint density at radius 2 is 2.00 bits per heavy atom. The highest BCUT2D eigenvalue weighted by molar-refractivity contribution is 4.81. The molecule has 1 rings (SSSR count). The average Bonchev–Trinajstić information content (AvgIpc) is 2.94. The third-order valence-electron chi connectivity index (χ3n) is 3.07. The highest BCUT2D eigenvalue weighted by Gasteiger charge is 2.21. The summed E-state index contributed by atoms with van der Waals surface area (Å²) in [6, 6.07) is 0.889. The van der Waals surface area contributed by atoms with E-state index in [4.69, 9.17) is 0 Å². The molecule has 0 radical (unpaired) electrons. The molecule has 0 aromatic heterocycles. The molecule has 0 amide bonds. The Bertz CT molecular complexity index is 118. The summed E-state index contributed by atoms with van der Waals surface area (Å²) in [5, 5.41) is 3.63. The lowest BCUT2D eigenvalue weighted by atomic mass is 9.98. The molecule has 1 aliphatic rings. The van der Waals surface area contributed by atoms with Gasteiger partial charge in [-0.2, -0.15) is 0 Å². The Morgan fingerprint density at radius 3 is 2.54 bits per heavy atom. The zero-order valence-electron chi connectivity index (χ0n) is 9.31. The van der Waals surface area contributed by atoms with E-state index in [9.17, 15) is 0 Å². The number of unbranched alkanes of at least 4 members (excludes halogenated alkanes) is 2. The van der Waals surface area contributed by atoms with Gasteiger partial charge in [0.25, 0.3) is 0 Å². The minimum atomic E-state index is 0.889. The van der Waals surface area contributed by atoms with Gasteiger partial charge in [-0.1, -0.05) is 39.5 Å². The Morgan fingerprint density at radius 1 is 1.23 bits per heavy atom. The average molecular weight is 183 g/mol. The maximum absolute atomic E-state index is 3.63. The van der Waals surface area contributed by atoms with Gasteiger partial charge in [-0.15, -0.1) is 0 Å². The first-order chi connectivity index (χ1) is 6.36. The molecule has 0 aromatic carbocycles. The molecule has 1 saturated carbocycles. The molecule has 1 aliphatic carbocycles. The predicted molar refractivity (Wildman–Crippen MR) is 58.9 cm³/mol. The Labute approximate surface area is 83.3 Å². The summed E-state index contributed by atoms with van der Waals surface area (Å²) in [7, 11) is 0. The first-order valence-electron chi connectivity index (χ1n) is 6.10. The summed E-state index contributed by atoms with van der Waals surface area (Å²) in [5.41, 5.74) is 0. The summed E-state index contributed by atoms with van der Waals surface area (Å²) in [5.74, 6) is 0.937.